The van der Waals surface area contributed by atoms with Gasteiger partial charge in [-0.25, -0.2) is 0 Å². The molecule has 0 aliphatic rings. The maximum atomic E-state index is 12.8. The zero-order chi connectivity index (χ0) is 17.6. The fraction of sp³-hybridized carbons (Fsp3) is 0.333. The van der Waals surface area contributed by atoms with Crippen LogP contribution in [-0.2, 0) is 5.60 Å². The van der Waals surface area contributed by atoms with Gasteiger partial charge in [-0.05, 0) is 36.8 Å². The van der Waals surface area contributed by atoms with Crippen LogP contribution in [0.2, 0.25) is 0 Å². The van der Waals surface area contributed by atoms with Crippen LogP contribution in [0, 0.1) is 0 Å². The molecule has 0 bridgehead atoms. The summed E-state index contributed by atoms with van der Waals surface area (Å²) in [4.78, 5) is 0. The molecule has 130 valence electrons. The molecule has 0 spiro atoms. The van der Waals surface area contributed by atoms with Gasteiger partial charge in [-0.2, -0.15) is 13.2 Å². The lowest BCUT2D eigenvalue weighted by Gasteiger charge is -2.26. The lowest BCUT2D eigenvalue weighted by molar-refractivity contribution is -0.258. The van der Waals surface area contributed by atoms with Gasteiger partial charge in [-0.3, -0.25) is 0 Å². The van der Waals surface area contributed by atoms with Crippen molar-refractivity contribution in [3.63, 3.8) is 0 Å². The van der Waals surface area contributed by atoms with Crippen molar-refractivity contribution in [1.29, 1.82) is 0 Å². The minimum Gasteiger partial charge on any atom is -0.493 e. The van der Waals surface area contributed by atoms with Crippen LogP contribution < -0.4 is 9.47 Å². The lowest BCUT2D eigenvalue weighted by Crippen LogP contribution is -2.39. The minimum atomic E-state index is -4.73. The summed E-state index contributed by atoms with van der Waals surface area (Å²) in [6, 6.07) is 14.6. The fourth-order valence-corrected chi connectivity index (χ4v) is 2.00. The van der Waals surface area contributed by atoms with Crippen molar-refractivity contribution in [1.82, 2.24) is 0 Å². The number of para-hydroxylation sites is 1. The van der Waals surface area contributed by atoms with Crippen LogP contribution in [-0.4, -0.2) is 24.5 Å². The highest BCUT2D eigenvalue weighted by atomic mass is 19.4. The van der Waals surface area contributed by atoms with E-state index in [0.29, 0.717) is 25.4 Å². The second-order valence-corrected chi connectivity index (χ2v) is 5.46. The van der Waals surface area contributed by atoms with E-state index in [-0.39, 0.29) is 5.56 Å². The molecule has 0 saturated carbocycles. The first-order valence-electron chi connectivity index (χ1n) is 7.51. The largest absolute Gasteiger partial charge is 0.493 e. The van der Waals surface area contributed by atoms with E-state index in [1.165, 1.54) is 24.3 Å². The van der Waals surface area contributed by atoms with Crippen molar-refractivity contribution in [3.8, 4) is 11.5 Å². The number of ether oxygens (including phenoxy) is 2. The number of benzene rings is 2. The summed E-state index contributed by atoms with van der Waals surface area (Å²) in [7, 11) is 0. The highest BCUT2D eigenvalue weighted by Crippen LogP contribution is 2.38. The summed E-state index contributed by atoms with van der Waals surface area (Å²) in [5.74, 6) is 1.22. The van der Waals surface area contributed by atoms with E-state index in [2.05, 4.69) is 0 Å². The van der Waals surface area contributed by atoms with E-state index < -0.39 is 11.8 Å². The molecule has 2 aromatic carbocycles. The van der Waals surface area contributed by atoms with E-state index in [4.69, 9.17) is 9.47 Å². The second-order valence-electron chi connectivity index (χ2n) is 5.46. The quantitative estimate of drug-likeness (QED) is 0.764. The van der Waals surface area contributed by atoms with E-state index >= 15 is 0 Å². The molecule has 0 heterocycles. The second kappa shape index (κ2) is 7.57. The fourth-order valence-electron chi connectivity index (χ4n) is 2.00. The molecule has 1 unspecified atom stereocenters. The molecule has 3 nitrogen and oxygen atoms in total. The Balaban J connectivity index is 1.78. The Hall–Kier alpha value is -2.21. The average Bonchev–Trinajstić information content (AvgIpc) is 2.55. The number of halogens is 3. The Kier molecular flexibility index (Phi) is 5.72. The SMILES string of the molecule is CC(O)(c1ccc(OCCCOc2ccccc2)cc1)C(F)(F)F. The Morgan fingerprint density at radius 1 is 0.833 bits per heavy atom. The molecule has 0 aliphatic carbocycles. The summed E-state index contributed by atoms with van der Waals surface area (Å²) in [6.45, 7) is 1.58. The summed E-state index contributed by atoms with van der Waals surface area (Å²) in [6.07, 6.45) is -4.10. The molecule has 1 atom stereocenters. The lowest BCUT2D eigenvalue weighted by atomic mass is 9.95. The van der Waals surface area contributed by atoms with E-state index in [1.54, 1.807) is 0 Å². The molecule has 0 saturated heterocycles. The van der Waals surface area contributed by atoms with Crippen molar-refractivity contribution < 1.29 is 27.8 Å². The highest BCUT2D eigenvalue weighted by molar-refractivity contribution is 5.31. The summed E-state index contributed by atoms with van der Waals surface area (Å²) in [5.41, 5.74) is -3.11. The molecular weight excluding hydrogens is 321 g/mol. The predicted octanol–water partition coefficient (Wildman–Crippen LogP) is 4.30. The molecule has 1 N–H and O–H groups in total. The van der Waals surface area contributed by atoms with Crippen LogP contribution in [0.5, 0.6) is 11.5 Å². The molecule has 0 aromatic heterocycles. The molecule has 24 heavy (non-hydrogen) atoms. The smallest absolute Gasteiger partial charge is 0.421 e. The van der Waals surface area contributed by atoms with E-state index in [9.17, 15) is 18.3 Å². The zero-order valence-electron chi connectivity index (χ0n) is 13.2. The maximum Gasteiger partial charge on any atom is 0.421 e. The van der Waals surface area contributed by atoms with Crippen molar-refractivity contribution in [3.05, 3.63) is 60.2 Å². The summed E-state index contributed by atoms with van der Waals surface area (Å²) >= 11 is 0. The van der Waals surface area contributed by atoms with Gasteiger partial charge in [0.05, 0.1) is 13.2 Å². The average molecular weight is 340 g/mol. The van der Waals surface area contributed by atoms with Crippen molar-refractivity contribution in [2.45, 2.75) is 25.1 Å². The van der Waals surface area contributed by atoms with Crippen molar-refractivity contribution in [2.24, 2.45) is 0 Å². The number of aliphatic hydroxyl groups is 1. The van der Waals surface area contributed by atoms with Gasteiger partial charge < -0.3 is 14.6 Å². The first-order chi connectivity index (χ1) is 11.3. The predicted molar refractivity (Wildman–Crippen MR) is 84.1 cm³/mol. The van der Waals surface area contributed by atoms with Gasteiger partial charge in [0.2, 0.25) is 0 Å². The van der Waals surface area contributed by atoms with Gasteiger partial charge in [-0.1, -0.05) is 30.3 Å². The van der Waals surface area contributed by atoms with E-state index in [1.807, 2.05) is 30.3 Å². The third-order valence-electron chi connectivity index (χ3n) is 3.54. The Morgan fingerprint density at radius 3 is 1.83 bits per heavy atom. The molecular formula is C18H19F3O3. The standard InChI is InChI=1S/C18H19F3O3/c1-17(22,18(19,20)21)14-8-10-16(11-9-14)24-13-5-12-23-15-6-3-2-4-7-15/h2-4,6-11,22H,5,12-13H2,1H3. The Labute approximate surface area is 138 Å². The molecule has 0 radical (unpaired) electrons. The number of alkyl halides is 3. The van der Waals surface area contributed by atoms with Gasteiger partial charge in [0.25, 0.3) is 0 Å². The molecule has 0 amide bonds. The van der Waals surface area contributed by atoms with Crippen molar-refractivity contribution >= 4 is 0 Å². The van der Waals surface area contributed by atoms with Gasteiger partial charge in [0.15, 0.2) is 5.60 Å². The summed E-state index contributed by atoms with van der Waals surface area (Å²) < 4.78 is 49.2. The van der Waals surface area contributed by atoms with Crippen LogP contribution >= 0.6 is 0 Å². The third kappa shape index (κ3) is 4.64. The first kappa shape index (κ1) is 18.1. The molecule has 0 fully saturated rings. The van der Waals surface area contributed by atoms with Crippen LogP contribution in [0.1, 0.15) is 18.9 Å². The van der Waals surface area contributed by atoms with Crippen LogP contribution in [0.25, 0.3) is 0 Å². The molecule has 2 aromatic rings. The van der Waals surface area contributed by atoms with Gasteiger partial charge in [0.1, 0.15) is 11.5 Å². The van der Waals surface area contributed by atoms with Crippen LogP contribution in [0.4, 0.5) is 13.2 Å². The first-order valence-corrected chi connectivity index (χ1v) is 7.51. The number of hydrogen-bond donors (Lipinski definition) is 1. The maximum absolute atomic E-state index is 12.8. The van der Waals surface area contributed by atoms with Gasteiger partial charge in [-0.15, -0.1) is 0 Å². The normalized spacial score (nSPS) is 14.0. The number of rotatable bonds is 7. The minimum absolute atomic E-state index is 0.227. The molecule has 0 aliphatic heterocycles. The molecule has 6 heteroatoms. The van der Waals surface area contributed by atoms with Crippen LogP contribution in [0.3, 0.4) is 0 Å². The topological polar surface area (TPSA) is 38.7 Å². The van der Waals surface area contributed by atoms with Crippen molar-refractivity contribution in [2.75, 3.05) is 13.2 Å². The highest BCUT2D eigenvalue weighted by Gasteiger charge is 2.51. The van der Waals surface area contributed by atoms with Gasteiger partial charge in [0, 0.05) is 6.42 Å². The Morgan fingerprint density at radius 2 is 1.33 bits per heavy atom. The third-order valence-corrected chi connectivity index (χ3v) is 3.54. The summed E-state index contributed by atoms with van der Waals surface area (Å²) in [5, 5.41) is 9.59. The van der Waals surface area contributed by atoms with Gasteiger partial charge >= 0.3 is 6.18 Å². The number of hydrogen-bond acceptors (Lipinski definition) is 3. The monoisotopic (exact) mass is 340 g/mol. The zero-order valence-corrected chi connectivity index (χ0v) is 13.2. The van der Waals surface area contributed by atoms with E-state index in [0.717, 1.165) is 12.7 Å². The Bertz CT molecular complexity index is 622. The van der Waals surface area contributed by atoms with Crippen LogP contribution in [0.15, 0.2) is 54.6 Å². The molecule has 2 rings (SSSR count).